The van der Waals surface area contributed by atoms with Crippen LogP contribution in [0.3, 0.4) is 0 Å². The summed E-state index contributed by atoms with van der Waals surface area (Å²) in [7, 11) is 3.19. The smallest absolute Gasteiger partial charge is 0.335 e. The number of hydrogen-bond donors (Lipinski definition) is 2. The zero-order valence-corrected chi connectivity index (χ0v) is 12.1. The van der Waals surface area contributed by atoms with Crippen LogP contribution in [-0.4, -0.2) is 25.3 Å². The molecule has 0 aromatic heterocycles. The lowest BCUT2D eigenvalue weighted by molar-refractivity contribution is 0.0697. The van der Waals surface area contributed by atoms with Crippen molar-refractivity contribution in [1.29, 1.82) is 0 Å². The first-order chi connectivity index (χ1) is 10.1. The highest BCUT2D eigenvalue weighted by Gasteiger charge is 2.11. The fourth-order valence-electron chi connectivity index (χ4n) is 2.07. The van der Waals surface area contributed by atoms with Crippen molar-refractivity contribution >= 4 is 17.3 Å². The summed E-state index contributed by atoms with van der Waals surface area (Å²) in [6, 6.07) is 10.3. The van der Waals surface area contributed by atoms with Crippen molar-refractivity contribution in [2.24, 2.45) is 0 Å². The Labute approximate surface area is 123 Å². The van der Waals surface area contributed by atoms with E-state index in [1.165, 1.54) is 0 Å². The fourth-order valence-corrected chi connectivity index (χ4v) is 2.07. The zero-order valence-electron chi connectivity index (χ0n) is 12.1. The van der Waals surface area contributed by atoms with Crippen LogP contribution in [-0.2, 0) is 0 Å². The van der Waals surface area contributed by atoms with Crippen molar-refractivity contribution in [3.63, 3.8) is 0 Å². The summed E-state index contributed by atoms with van der Waals surface area (Å²) in [6.07, 6.45) is 0. The number of nitrogens with one attached hydrogen (secondary N) is 1. The second-order valence-corrected chi connectivity index (χ2v) is 4.48. The predicted octanol–water partition coefficient (Wildman–Crippen LogP) is 3.45. The minimum atomic E-state index is -0.941. The summed E-state index contributed by atoms with van der Waals surface area (Å²) in [4.78, 5) is 10.8. The van der Waals surface area contributed by atoms with E-state index < -0.39 is 5.97 Å². The summed E-state index contributed by atoms with van der Waals surface area (Å²) in [5, 5.41) is 12.1. The average Bonchev–Trinajstić information content (AvgIpc) is 2.49. The van der Waals surface area contributed by atoms with E-state index in [-0.39, 0.29) is 5.56 Å². The Morgan fingerprint density at radius 2 is 1.71 bits per heavy atom. The maximum Gasteiger partial charge on any atom is 0.335 e. The van der Waals surface area contributed by atoms with Gasteiger partial charge in [0.05, 0.1) is 19.8 Å². The third-order valence-corrected chi connectivity index (χ3v) is 3.20. The molecule has 0 saturated heterocycles. The number of benzene rings is 2. The molecule has 2 aromatic carbocycles. The van der Waals surface area contributed by atoms with Crippen molar-refractivity contribution in [3.05, 3.63) is 47.5 Å². The first-order valence-electron chi connectivity index (χ1n) is 6.38. The van der Waals surface area contributed by atoms with E-state index in [0.717, 1.165) is 16.9 Å². The molecular weight excluding hydrogens is 270 g/mol. The van der Waals surface area contributed by atoms with Gasteiger partial charge < -0.3 is 19.9 Å². The Morgan fingerprint density at radius 1 is 1.05 bits per heavy atom. The van der Waals surface area contributed by atoms with Crippen LogP contribution >= 0.6 is 0 Å². The van der Waals surface area contributed by atoms with Crippen LogP contribution in [0.25, 0.3) is 0 Å². The molecule has 2 aromatic rings. The van der Waals surface area contributed by atoms with E-state index in [4.69, 9.17) is 14.6 Å². The molecule has 0 unspecified atom stereocenters. The molecule has 5 heteroatoms. The second-order valence-electron chi connectivity index (χ2n) is 4.48. The Kier molecular flexibility index (Phi) is 4.33. The molecule has 0 spiro atoms. The third-order valence-electron chi connectivity index (χ3n) is 3.20. The molecular formula is C16H17NO4. The number of carbonyl (C=O) groups is 1. The van der Waals surface area contributed by atoms with Gasteiger partial charge in [0, 0.05) is 16.9 Å². The first kappa shape index (κ1) is 14.7. The van der Waals surface area contributed by atoms with Gasteiger partial charge in [-0.3, -0.25) is 0 Å². The van der Waals surface area contributed by atoms with E-state index in [1.54, 1.807) is 38.5 Å². The number of hydrogen-bond acceptors (Lipinski definition) is 4. The van der Waals surface area contributed by atoms with Crippen molar-refractivity contribution in [1.82, 2.24) is 0 Å². The van der Waals surface area contributed by atoms with Crippen LogP contribution in [0.4, 0.5) is 11.4 Å². The van der Waals surface area contributed by atoms with Crippen molar-refractivity contribution in [3.8, 4) is 11.5 Å². The topological polar surface area (TPSA) is 67.8 Å². The number of carboxylic acid groups (broad SMARTS) is 1. The van der Waals surface area contributed by atoms with Gasteiger partial charge in [-0.15, -0.1) is 0 Å². The van der Waals surface area contributed by atoms with Gasteiger partial charge in [0.1, 0.15) is 0 Å². The molecule has 21 heavy (non-hydrogen) atoms. The summed E-state index contributed by atoms with van der Waals surface area (Å²) in [5.74, 6) is 0.398. The molecule has 5 nitrogen and oxygen atoms in total. The molecule has 110 valence electrons. The van der Waals surface area contributed by atoms with Crippen molar-refractivity contribution in [2.45, 2.75) is 6.92 Å². The van der Waals surface area contributed by atoms with Gasteiger partial charge >= 0.3 is 5.97 Å². The van der Waals surface area contributed by atoms with E-state index in [0.29, 0.717) is 11.5 Å². The van der Waals surface area contributed by atoms with Crippen molar-refractivity contribution < 1.29 is 19.4 Å². The lowest BCUT2D eigenvalue weighted by Gasteiger charge is -2.15. The molecule has 0 heterocycles. The van der Waals surface area contributed by atoms with E-state index >= 15 is 0 Å². The largest absolute Gasteiger partial charge is 0.493 e. The van der Waals surface area contributed by atoms with Gasteiger partial charge in [-0.1, -0.05) is 0 Å². The Hall–Kier alpha value is -2.69. The Bertz CT molecular complexity index is 650. The highest BCUT2D eigenvalue weighted by molar-refractivity contribution is 5.88. The molecule has 0 atom stereocenters. The first-order valence-corrected chi connectivity index (χ1v) is 6.38. The molecule has 0 bridgehead atoms. The molecule has 0 radical (unpaired) electrons. The Morgan fingerprint density at radius 3 is 2.24 bits per heavy atom. The summed E-state index contributed by atoms with van der Waals surface area (Å²) >= 11 is 0. The average molecular weight is 287 g/mol. The normalized spacial score (nSPS) is 10.0. The quantitative estimate of drug-likeness (QED) is 0.881. The number of carboxylic acids is 1. The van der Waals surface area contributed by atoms with E-state index in [9.17, 15) is 4.79 Å². The summed E-state index contributed by atoms with van der Waals surface area (Å²) in [5.41, 5.74) is 2.84. The van der Waals surface area contributed by atoms with Crippen LogP contribution in [0.1, 0.15) is 15.9 Å². The highest BCUT2D eigenvalue weighted by Crippen LogP contribution is 2.36. The van der Waals surface area contributed by atoms with Crippen LogP contribution in [0, 0.1) is 6.92 Å². The lowest BCUT2D eigenvalue weighted by atomic mass is 10.1. The van der Waals surface area contributed by atoms with Gasteiger partial charge in [-0.25, -0.2) is 4.79 Å². The summed E-state index contributed by atoms with van der Waals surface area (Å²) < 4.78 is 10.6. The van der Waals surface area contributed by atoms with Crippen molar-refractivity contribution in [2.75, 3.05) is 19.5 Å². The number of rotatable bonds is 5. The molecule has 0 saturated carbocycles. The zero-order chi connectivity index (χ0) is 15.4. The minimum absolute atomic E-state index is 0.254. The molecule has 0 fully saturated rings. The van der Waals surface area contributed by atoms with E-state index in [2.05, 4.69) is 5.32 Å². The third kappa shape index (κ3) is 3.08. The lowest BCUT2D eigenvalue weighted by Crippen LogP contribution is -1.99. The minimum Gasteiger partial charge on any atom is -0.493 e. The standard InChI is InChI=1S/C16H17NO4/c1-10-13(8-9-14(20-2)15(10)21-3)17-12-6-4-11(5-7-12)16(18)19/h4-9,17H,1-3H3,(H,18,19). The number of ether oxygens (including phenoxy) is 2. The monoisotopic (exact) mass is 287 g/mol. The van der Waals surface area contributed by atoms with Gasteiger partial charge in [0.15, 0.2) is 11.5 Å². The predicted molar refractivity (Wildman–Crippen MR) is 81.0 cm³/mol. The van der Waals surface area contributed by atoms with Crippen LogP contribution in [0.5, 0.6) is 11.5 Å². The van der Waals surface area contributed by atoms with Crippen LogP contribution in [0.15, 0.2) is 36.4 Å². The number of methoxy groups -OCH3 is 2. The molecule has 0 aliphatic rings. The van der Waals surface area contributed by atoms with Crippen LogP contribution in [0.2, 0.25) is 0 Å². The number of anilines is 2. The maximum absolute atomic E-state index is 10.8. The second kappa shape index (κ2) is 6.17. The van der Waals surface area contributed by atoms with Gasteiger partial charge in [0.2, 0.25) is 0 Å². The fraction of sp³-hybridized carbons (Fsp3) is 0.188. The molecule has 2 rings (SSSR count). The summed E-state index contributed by atoms with van der Waals surface area (Å²) in [6.45, 7) is 1.93. The van der Waals surface area contributed by atoms with Crippen LogP contribution < -0.4 is 14.8 Å². The molecule has 0 aliphatic heterocycles. The molecule has 0 aliphatic carbocycles. The molecule has 0 amide bonds. The van der Waals surface area contributed by atoms with Gasteiger partial charge in [0.25, 0.3) is 0 Å². The van der Waals surface area contributed by atoms with Gasteiger partial charge in [-0.2, -0.15) is 0 Å². The van der Waals surface area contributed by atoms with E-state index in [1.807, 2.05) is 19.1 Å². The van der Waals surface area contributed by atoms with Gasteiger partial charge in [-0.05, 0) is 43.3 Å². The SMILES string of the molecule is COc1ccc(Nc2ccc(C(=O)O)cc2)c(C)c1OC. The highest BCUT2D eigenvalue weighted by atomic mass is 16.5. The Balaban J connectivity index is 2.29. The number of aromatic carboxylic acids is 1. The molecule has 2 N–H and O–H groups in total. The maximum atomic E-state index is 10.8.